The topological polar surface area (TPSA) is 85.6 Å². The lowest BCUT2D eigenvalue weighted by atomic mass is 9.65. The second kappa shape index (κ2) is 8.78. The zero-order chi connectivity index (χ0) is 21.1. The van der Waals surface area contributed by atoms with E-state index in [-0.39, 0.29) is 11.3 Å². The second-order valence-corrected chi connectivity index (χ2v) is 8.56. The van der Waals surface area contributed by atoms with Crippen LogP contribution >= 0.6 is 12.6 Å². The van der Waals surface area contributed by atoms with Crippen LogP contribution in [0.15, 0.2) is 41.3 Å². The molecule has 1 spiro atoms. The standard InChI is InChI=1S/C16H21N3O2.C7H8OS/c17-10-8-12-14(19-15(20)16(12)4-1-5-16)13(9-10)21-7-6-18-11-2-3-11;1-8-6-4-2-3-5-7(6)9/h8-9,11,18H,1-7,17H2,(H,19,20);2-5,9H,1H3. The number of hydrogen-bond acceptors (Lipinski definition) is 6. The van der Waals surface area contributed by atoms with Gasteiger partial charge in [0.25, 0.3) is 0 Å². The third kappa shape index (κ3) is 4.23. The Kier molecular flexibility index (Phi) is 6.11. The molecule has 5 rings (SSSR count). The van der Waals surface area contributed by atoms with Crippen LogP contribution in [0.3, 0.4) is 0 Å². The van der Waals surface area contributed by atoms with Crippen molar-refractivity contribution in [3.63, 3.8) is 0 Å². The van der Waals surface area contributed by atoms with Gasteiger partial charge in [-0.2, -0.15) is 0 Å². The highest BCUT2D eigenvalue weighted by molar-refractivity contribution is 7.80. The first-order chi connectivity index (χ1) is 14.5. The minimum atomic E-state index is -0.338. The molecule has 2 aromatic carbocycles. The molecule has 0 bridgehead atoms. The minimum absolute atomic E-state index is 0.107. The van der Waals surface area contributed by atoms with Crippen LogP contribution in [0.5, 0.6) is 11.5 Å². The molecule has 160 valence electrons. The maximum Gasteiger partial charge on any atom is 0.235 e. The van der Waals surface area contributed by atoms with Crippen molar-refractivity contribution in [3.8, 4) is 11.5 Å². The number of fused-ring (bicyclic) bond motifs is 2. The van der Waals surface area contributed by atoms with E-state index < -0.39 is 0 Å². The molecule has 0 radical (unpaired) electrons. The summed E-state index contributed by atoms with van der Waals surface area (Å²) in [5, 5.41) is 6.42. The van der Waals surface area contributed by atoms with Crippen LogP contribution in [-0.2, 0) is 10.2 Å². The van der Waals surface area contributed by atoms with Gasteiger partial charge in [-0.05, 0) is 49.4 Å². The summed E-state index contributed by atoms with van der Waals surface area (Å²) in [4.78, 5) is 13.2. The Morgan fingerprint density at radius 2 is 2.00 bits per heavy atom. The molecule has 0 atom stereocenters. The summed E-state index contributed by atoms with van der Waals surface area (Å²) in [6.45, 7) is 1.42. The van der Waals surface area contributed by atoms with E-state index in [1.54, 1.807) is 7.11 Å². The van der Waals surface area contributed by atoms with Crippen LogP contribution in [0.25, 0.3) is 0 Å². The fraction of sp³-hybridized carbons (Fsp3) is 0.435. The van der Waals surface area contributed by atoms with E-state index in [0.717, 1.165) is 47.7 Å². The quantitative estimate of drug-likeness (QED) is 0.320. The summed E-state index contributed by atoms with van der Waals surface area (Å²) in [6, 6.07) is 12.0. The van der Waals surface area contributed by atoms with E-state index in [1.165, 1.54) is 12.8 Å². The highest BCUT2D eigenvalue weighted by Gasteiger charge is 2.52. The van der Waals surface area contributed by atoms with Crippen molar-refractivity contribution in [1.82, 2.24) is 5.32 Å². The molecule has 30 heavy (non-hydrogen) atoms. The van der Waals surface area contributed by atoms with Crippen molar-refractivity contribution >= 4 is 29.9 Å². The molecule has 2 saturated carbocycles. The van der Waals surface area contributed by atoms with Gasteiger partial charge in [-0.15, -0.1) is 12.6 Å². The number of nitrogens with two attached hydrogens (primary N) is 1. The van der Waals surface area contributed by atoms with Gasteiger partial charge in [0, 0.05) is 29.2 Å². The zero-order valence-corrected chi connectivity index (χ0v) is 18.1. The van der Waals surface area contributed by atoms with Crippen molar-refractivity contribution in [1.29, 1.82) is 0 Å². The first-order valence-electron chi connectivity index (χ1n) is 10.5. The Morgan fingerprint density at radius 1 is 1.23 bits per heavy atom. The normalized spacial score (nSPS) is 18.0. The van der Waals surface area contributed by atoms with E-state index in [2.05, 4.69) is 23.3 Å². The van der Waals surface area contributed by atoms with Crippen molar-refractivity contribution < 1.29 is 14.3 Å². The Balaban J connectivity index is 0.000000204. The van der Waals surface area contributed by atoms with E-state index >= 15 is 0 Å². The smallest absolute Gasteiger partial charge is 0.235 e. The molecule has 4 N–H and O–H groups in total. The number of thiol groups is 1. The van der Waals surface area contributed by atoms with Gasteiger partial charge in [-0.25, -0.2) is 0 Å². The van der Waals surface area contributed by atoms with Crippen LogP contribution in [0, 0.1) is 0 Å². The van der Waals surface area contributed by atoms with E-state index in [9.17, 15) is 4.79 Å². The lowest BCUT2D eigenvalue weighted by Crippen LogP contribution is -2.40. The molecule has 0 aromatic heterocycles. The van der Waals surface area contributed by atoms with E-state index in [0.29, 0.717) is 24.1 Å². The SMILES string of the molecule is COc1ccccc1S.Nc1cc(OCCNC2CC2)c2c(c1)C1(CCC1)C(=O)N2. The lowest BCUT2D eigenvalue weighted by molar-refractivity contribution is -0.123. The van der Waals surface area contributed by atoms with Gasteiger partial charge in [0.05, 0.1) is 18.2 Å². The van der Waals surface area contributed by atoms with Crippen LogP contribution in [0.1, 0.15) is 37.7 Å². The summed E-state index contributed by atoms with van der Waals surface area (Å²) in [6.07, 6.45) is 5.47. The number of methoxy groups -OCH3 is 1. The van der Waals surface area contributed by atoms with Crippen molar-refractivity contribution in [2.45, 2.75) is 48.5 Å². The number of carbonyl (C=O) groups excluding carboxylic acids is 1. The molecule has 2 aromatic rings. The molecule has 0 unspecified atom stereocenters. The van der Waals surface area contributed by atoms with Crippen LogP contribution < -0.4 is 25.8 Å². The highest BCUT2D eigenvalue weighted by atomic mass is 32.1. The summed E-state index contributed by atoms with van der Waals surface area (Å²) in [7, 11) is 1.63. The summed E-state index contributed by atoms with van der Waals surface area (Å²) < 4.78 is 10.8. The molecule has 1 aliphatic heterocycles. The fourth-order valence-electron chi connectivity index (χ4n) is 3.98. The highest BCUT2D eigenvalue weighted by Crippen LogP contribution is 2.54. The molecule has 1 heterocycles. The number of carbonyl (C=O) groups is 1. The summed E-state index contributed by atoms with van der Waals surface area (Å²) in [5.41, 5.74) is 8.20. The number of nitrogens with one attached hydrogen (secondary N) is 2. The molecule has 7 heteroatoms. The van der Waals surface area contributed by atoms with Gasteiger partial charge < -0.3 is 25.8 Å². The molecule has 1 amide bonds. The second-order valence-electron chi connectivity index (χ2n) is 8.08. The van der Waals surface area contributed by atoms with Gasteiger partial charge in [0.1, 0.15) is 18.1 Å². The van der Waals surface area contributed by atoms with Crippen LogP contribution in [0.4, 0.5) is 11.4 Å². The van der Waals surface area contributed by atoms with Gasteiger partial charge in [0.2, 0.25) is 5.91 Å². The van der Waals surface area contributed by atoms with Gasteiger partial charge >= 0.3 is 0 Å². The third-order valence-corrected chi connectivity index (χ3v) is 6.34. The fourth-order valence-corrected chi connectivity index (χ4v) is 4.23. The minimum Gasteiger partial charge on any atom is -0.496 e. The van der Waals surface area contributed by atoms with E-state index in [1.807, 2.05) is 36.4 Å². The predicted molar refractivity (Wildman–Crippen MR) is 122 cm³/mol. The van der Waals surface area contributed by atoms with Crippen molar-refractivity contribution in [2.75, 3.05) is 31.3 Å². The van der Waals surface area contributed by atoms with Crippen molar-refractivity contribution in [3.05, 3.63) is 42.0 Å². The Labute approximate surface area is 182 Å². The number of para-hydroxylation sites is 1. The van der Waals surface area contributed by atoms with Gasteiger partial charge in [-0.3, -0.25) is 4.79 Å². The first kappa shape index (κ1) is 20.9. The molecule has 0 saturated heterocycles. The number of benzene rings is 2. The lowest BCUT2D eigenvalue weighted by Gasteiger charge is -2.36. The first-order valence-corrected chi connectivity index (χ1v) is 10.9. The zero-order valence-electron chi connectivity index (χ0n) is 17.2. The number of rotatable bonds is 6. The Morgan fingerprint density at radius 3 is 2.60 bits per heavy atom. The Bertz CT molecular complexity index is 926. The number of hydrogen-bond donors (Lipinski definition) is 4. The number of anilines is 2. The molecular weight excluding hydrogens is 398 g/mol. The molecule has 6 nitrogen and oxygen atoms in total. The van der Waals surface area contributed by atoms with Crippen molar-refractivity contribution in [2.24, 2.45) is 0 Å². The molecule has 2 fully saturated rings. The van der Waals surface area contributed by atoms with Gasteiger partial charge in [-0.1, -0.05) is 18.6 Å². The molecule has 3 aliphatic rings. The third-order valence-electron chi connectivity index (χ3n) is 5.98. The molecular formula is C23H29N3O3S. The molecule has 2 aliphatic carbocycles. The number of ether oxygens (including phenoxy) is 2. The Hall–Kier alpha value is -2.38. The van der Waals surface area contributed by atoms with Crippen LogP contribution in [-0.4, -0.2) is 32.2 Å². The predicted octanol–water partition coefficient (Wildman–Crippen LogP) is 3.76. The maximum absolute atomic E-state index is 12.3. The van der Waals surface area contributed by atoms with Crippen LogP contribution in [0.2, 0.25) is 0 Å². The average molecular weight is 428 g/mol. The van der Waals surface area contributed by atoms with E-state index in [4.69, 9.17) is 15.2 Å². The summed E-state index contributed by atoms with van der Waals surface area (Å²) in [5.74, 6) is 1.64. The number of nitrogen functional groups attached to an aromatic ring is 1. The monoisotopic (exact) mass is 427 g/mol. The maximum atomic E-state index is 12.3. The largest absolute Gasteiger partial charge is 0.496 e. The summed E-state index contributed by atoms with van der Waals surface area (Å²) >= 11 is 4.15. The average Bonchev–Trinajstić information content (AvgIpc) is 3.47. The number of amides is 1. The van der Waals surface area contributed by atoms with Gasteiger partial charge in [0.15, 0.2) is 0 Å².